The van der Waals surface area contributed by atoms with Gasteiger partial charge in [-0.3, -0.25) is 0 Å². The molecule has 0 aromatic carbocycles. The molecular formula is C12H16ClN3O3S. The molecule has 0 spiro atoms. The highest BCUT2D eigenvalue weighted by Crippen LogP contribution is 2.32. The number of anilines is 1. The molecule has 3 unspecified atom stereocenters. The zero-order chi connectivity index (χ0) is 14.3. The molecule has 2 aliphatic rings. The zero-order valence-electron chi connectivity index (χ0n) is 11.0. The second-order valence-corrected chi connectivity index (χ2v) is 6.86. The van der Waals surface area contributed by atoms with Gasteiger partial charge in [-0.25, -0.2) is 4.98 Å². The third-order valence-electron chi connectivity index (χ3n) is 3.70. The lowest BCUT2D eigenvalue weighted by atomic mass is 9.92. The summed E-state index contributed by atoms with van der Waals surface area (Å²) in [5.41, 5.74) is 0. The van der Waals surface area contributed by atoms with Gasteiger partial charge in [0.05, 0.1) is 37.6 Å². The number of fused-ring (bicyclic) bond motifs is 2. The number of aliphatic hydroxyl groups excluding tert-OH is 1. The van der Waals surface area contributed by atoms with Crippen molar-refractivity contribution in [2.45, 2.75) is 36.1 Å². The number of hydrogen-bond acceptors (Lipinski definition) is 6. The molecule has 1 aromatic rings. The molecule has 1 aromatic heterocycles. The van der Waals surface area contributed by atoms with Crippen LogP contribution in [0.3, 0.4) is 0 Å². The fourth-order valence-corrected chi connectivity index (χ4v) is 3.84. The SMILES string of the molecule is C[S+]([O-])c1nc(N2C3COCC2CC(O)C3)ncc1Cl. The van der Waals surface area contributed by atoms with E-state index in [4.69, 9.17) is 16.3 Å². The summed E-state index contributed by atoms with van der Waals surface area (Å²) in [6.45, 7) is 1.09. The van der Waals surface area contributed by atoms with Gasteiger partial charge in [0.1, 0.15) is 11.3 Å². The van der Waals surface area contributed by atoms with Crippen LogP contribution in [0.25, 0.3) is 0 Å². The molecule has 0 saturated carbocycles. The van der Waals surface area contributed by atoms with E-state index in [1.54, 1.807) is 6.26 Å². The summed E-state index contributed by atoms with van der Waals surface area (Å²) in [6, 6.07) is 0.105. The van der Waals surface area contributed by atoms with E-state index < -0.39 is 11.2 Å². The van der Waals surface area contributed by atoms with Crippen LogP contribution in [-0.4, -0.2) is 57.3 Å². The van der Waals surface area contributed by atoms with Gasteiger partial charge in [0.15, 0.2) is 0 Å². The molecule has 0 aliphatic carbocycles. The first-order valence-electron chi connectivity index (χ1n) is 6.46. The van der Waals surface area contributed by atoms with Gasteiger partial charge < -0.3 is 19.3 Å². The lowest BCUT2D eigenvalue weighted by Crippen LogP contribution is -2.59. The van der Waals surface area contributed by atoms with Crippen molar-refractivity contribution in [3.63, 3.8) is 0 Å². The molecule has 2 saturated heterocycles. The summed E-state index contributed by atoms with van der Waals surface area (Å²) in [5.74, 6) is 0.518. The smallest absolute Gasteiger partial charge is 0.267 e. The van der Waals surface area contributed by atoms with Crippen molar-refractivity contribution in [2.75, 3.05) is 24.4 Å². The van der Waals surface area contributed by atoms with Crippen LogP contribution in [0.2, 0.25) is 5.02 Å². The molecule has 3 atom stereocenters. The molecule has 0 radical (unpaired) electrons. The fourth-order valence-electron chi connectivity index (χ4n) is 2.88. The van der Waals surface area contributed by atoms with Crippen LogP contribution >= 0.6 is 11.6 Å². The first kappa shape index (κ1) is 14.3. The number of ether oxygens (including phenoxy) is 1. The Morgan fingerprint density at radius 2 is 2.10 bits per heavy atom. The van der Waals surface area contributed by atoms with Crippen LogP contribution in [0.15, 0.2) is 11.2 Å². The van der Waals surface area contributed by atoms with E-state index in [0.29, 0.717) is 42.1 Å². The maximum Gasteiger partial charge on any atom is 0.267 e. The number of nitrogens with zero attached hydrogens (tertiary/aromatic N) is 3. The molecule has 110 valence electrons. The topological polar surface area (TPSA) is 81.5 Å². The third kappa shape index (κ3) is 2.60. The molecule has 0 amide bonds. The Labute approximate surface area is 125 Å². The Morgan fingerprint density at radius 1 is 1.45 bits per heavy atom. The highest BCUT2D eigenvalue weighted by molar-refractivity contribution is 7.90. The summed E-state index contributed by atoms with van der Waals surface area (Å²) in [7, 11) is 0. The molecular weight excluding hydrogens is 302 g/mol. The summed E-state index contributed by atoms with van der Waals surface area (Å²) >= 11 is 4.71. The van der Waals surface area contributed by atoms with Crippen LogP contribution in [0, 0.1) is 0 Å². The van der Waals surface area contributed by atoms with Crippen molar-refractivity contribution in [3.05, 3.63) is 11.2 Å². The molecule has 3 heterocycles. The van der Waals surface area contributed by atoms with E-state index in [9.17, 15) is 9.66 Å². The number of aliphatic hydroxyl groups is 1. The zero-order valence-corrected chi connectivity index (χ0v) is 12.6. The van der Waals surface area contributed by atoms with Gasteiger partial charge in [-0.2, -0.15) is 4.98 Å². The Kier molecular flexibility index (Phi) is 4.05. The second-order valence-electron chi connectivity index (χ2n) is 5.15. The van der Waals surface area contributed by atoms with Crippen molar-refractivity contribution >= 4 is 28.7 Å². The van der Waals surface area contributed by atoms with Crippen LogP contribution in [-0.2, 0) is 15.9 Å². The van der Waals surface area contributed by atoms with Crippen LogP contribution in [0.5, 0.6) is 0 Å². The number of morpholine rings is 1. The van der Waals surface area contributed by atoms with Gasteiger partial charge in [0.2, 0.25) is 5.95 Å². The first-order chi connectivity index (χ1) is 9.56. The fraction of sp³-hybridized carbons (Fsp3) is 0.667. The van der Waals surface area contributed by atoms with E-state index >= 15 is 0 Å². The van der Waals surface area contributed by atoms with Crippen LogP contribution in [0.1, 0.15) is 12.8 Å². The average Bonchev–Trinajstić information content (AvgIpc) is 2.38. The maximum atomic E-state index is 11.7. The van der Waals surface area contributed by atoms with Gasteiger partial charge >= 0.3 is 0 Å². The minimum absolute atomic E-state index is 0.0526. The summed E-state index contributed by atoms with van der Waals surface area (Å²) in [5, 5.41) is 10.5. The van der Waals surface area contributed by atoms with Crippen LogP contribution in [0.4, 0.5) is 5.95 Å². The highest BCUT2D eigenvalue weighted by Gasteiger charge is 2.40. The third-order valence-corrected chi connectivity index (χ3v) is 4.94. The Bertz CT molecular complexity index is 491. The van der Waals surface area contributed by atoms with E-state index in [0.717, 1.165) is 0 Å². The van der Waals surface area contributed by atoms with Gasteiger partial charge in [0.25, 0.3) is 5.03 Å². The van der Waals surface area contributed by atoms with Crippen LogP contribution < -0.4 is 4.90 Å². The Hall–Kier alpha value is -0.600. The van der Waals surface area contributed by atoms with E-state index in [1.807, 2.05) is 0 Å². The minimum atomic E-state index is -1.26. The van der Waals surface area contributed by atoms with Gasteiger partial charge in [-0.05, 0) is 12.8 Å². The van der Waals surface area contributed by atoms with E-state index in [1.165, 1.54) is 6.20 Å². The average molecular weight is 318 g/mol. The molecule has 1 N–H and O–H groups in total. The lowest BCUT2D eigenvalue weighted by molar-refractivity contribution is 0.000272. The molecule has 8 heteroatoms. The normalized spacial score (nSPS) is 31.2. The van der Waals surface area contributed by atoms with E-state index in [2.05, 4.69) is 14.9 Å². The van der Waals surface area contributed by atoms with Crippen molar-refractivity contribution < 1.29 is 14.4 Å². The monoisotopic (exact) mass is 317 g/mol. The van der Waals surface area contributed by atoms with Gasteiger partial charge in [-0.1, -0.05) is 11.6 Å². The van der Waals surface area contributed by atoms with E-state index in [-0.39, 0.29) is 18.2 Å². The van der Waals surface area contributed by atoms with Gasteiger partial charge in [0, 0.05) is 11.2 Å². The van der Waals surface area contributed by atoms with Gasteiger partial charge in [-0.15, -0.1) is 0 Å². The lowest BCUT2D eigenvalue weighted by Gasteiger charge is -2.47. The van der Waals surface area contributed by atoms with Crippen molar-refractivity contribution in [2.24, 2.45) is 0 Å². The highest BCUT2D eigenvalue weighted by atomic mass is 35.5. The predicted molar refractivity (Wildman–Crippen MR) is 75.5 cm³/mol. The second kappa shape index (κ2) is 5.65. The molecule has 2 bridgehead atoms. The summed E-state index contributed by atoms with van der Waals surface area (Å²) < 4.78 is 17.2. The van der Waals surface area contributed by atoms with Crippen molar-refractivity contribution in [1.82, 2.24) is 9.97 Å². The number of halogens is 1. The summed E-state index contributed by atoms with van der Waals surface area (Å²) in [4.78, 5) is 10.7. The number of aromatic nitrogens is 2. The number of piperidine rings is 1. The Morgan fingerprint density at radius 3 is 2.70 bits per heavy atom. The predicted octanol–water partition coefficient (Wildman–Crippen LogP) is 0.596. The summed E-state index contributed by atoms with van der Waals surface area (Å²) in [6.07, 6.45) is 3.99. The maximum absolute atomic E-state index is 11.7. The Balaban J connectivity index is 1.94. The number of hydrogen-bond donors (Lipinski definition) is 1. The van der Waals surface area contributed by atoms with Crippen molar-refractivity contribution in [1.29, 1.82) is 0 Å². The molecule has 20 heavy (non-hydrogen) atoms. The van der Waals surface area contributed by atoms with Crippen molar-refractivity contribution in [3.8, 4) is 0 Å². The largest absolute Gasteiger partial charge is 0.610 e. The molecule has 2 aliphatic heterocycles. The quantitative estimate of drug-likeness (QED) is 0.635. The minimum Gasteiger partial charge on any atom is -0.610 e. The molecule has 2 fully saturated rings. The number of rotatable bonds is 2. The molecule has 6 nitrogen and oxygen atoms in total. The first-order valence-corrected chi connectivity index (χ1v) is 8.40. The molecule has 3 rings (SSSR count). The standard InChI is InChI=1S/C12H16ClN3O3S/c1-20(18)11-10(13)4-14-12(15-11)16-7-2-9(17)3-8(16)6-19-5-7/h4,7-9,17H,2-3,5-6H2,1H3.